The lowest BCUT2D eigenvalue weighted by molar-refractivity contribution is -0.142. The minimum absolute atomic E-state index is 0.0510. The first-order valence-corrected chi connectivity index (χ1v) is 7.68. The van der Waals surface area contributed by atoms with Crippen molar-refractivity contribution in [2.75, 3.05) is 6.54 Å². The zero-order valence-corrected chi connectivity index (χ0v) is 13.6. The first-order valence-electron chi connectivity index (χ1n) is 7.68. The van der Waals surface area contributed by atoms with E-state index in [1.165, 1.54) is 0 Å². The first-order chi connectivity index (χ1) is 11.8. The fraction of sp³-hybridized carbons (Fsp3) is 0.375. The lowest BCUT2D eigenvalue weighted by Gasteiger charge is -2.21. The molecule has 9 nitrogen and oxygen atoms in total. The summed E-state index contributed by atoms with van der Waals surface area (Å²) < 4.78 is 0. The number of benzene rings is 1. The van der Waals surface area contributed by atoms with Crippen molar-refractivity contribution in [3.8, 4) is 0 Å². The van der Waals surface area contributed by atoms with Gasteiger partial charge < -0.3 is 27.2 Å². The average Bonchev–Trinajstić information content (AvgIpc) is 2.58. The quantitative estimate of drug-likeness (QED) is 0.345. The number of carboxylic acid groups (broad SMARTS) is 1. The SMILES string of the molecule is NCC(=O)N[C@@H](CCC(N)=O)C(=O)N[C@@H](Cc1ccccc1)C(=O)O. The van der Waals surface area contributed by atoms with Crippen LogP contribution in [0.2, 0.25) is 0 Å². The standard InChI is InChI=1S/C16H22N4O5/c17-9-14(22)19-11(6-7-13(18)21)15(23)20-12(16(24)25)8-10-4-2-1-3-5-10/h1-5,11-12H,6-9,17H2,(H2,18,21)(H,19,22)(H,20,23)(H,24,25)/t11-,12-/m0/s1. The number of carbonyl (C=O) groups excluding carboxylic acids is 3. The normalized spacial score (nSPS) is 12.7. The maximum atomic E-state index is 12.3. The molecular formula is C16H22N4O5. The predicted octanol–water partition coefficient (Wildman–Crippen LogP) is -1.49. The van der Waals surface area contributed by atoms with Gasteiger partial charge in [0.1, 0.15) is 12.1 Å². The van der Waals surface area contributed by atoms with Gasteiger partial charge in [-0.2, -0.15) is 0 Å². The van der Waals surface area contributed by atoms with Crippen molar-refractivity contribution in [2.24, 2.45) is 11.5 Å². The summed E-state index contributed by atoms with van der Waals surface area (Å²) in [5, 5.41) is 14.0. The van der Waals surface area contributed by atoms with Crippen molar-refractivity contribution in [1.82, 2.24) is 10.6 Å². The molecule has 1 aromatic carbocycles. The maximum Gasteiger partial charge on any atom is 0.326 e. The molecule has 0 radical (unpaired) electrons. The molecule has 0 saturated heterocycles. The van der Waals surface area contributed by atoms with E-state index >= 15 is 0 Å². The van der Waals surface area contributed by atoms with Gasteiger partial charge in [0, 0.05) is 12.8 Å². The molecule has 0 heterocycles. The molecule has 0 unspecified atom stereocenters. The van der Waals surface area contributed by atoms with E-state index in [-0.39, 0.29) is 25.8 Å². The summed E-state index contributed by atoms with van der Waals surface area (Å²) in [4.78, 5) is 46.1. The largest absolute Gasteiger partial charge is 0.480 e. The Balaban J connectivity index is 2.79. The number of rotatable bonds is 10. The van der Waals surface area contributed by atoms with Gasteiger partial charge in [-0.1, -0.05) is 30.3 Å². The number of primary amides is 1. The average molecular weight is 350 g/mol. The predicted molar refractivity (Wildman–Crippen MR) is 89.1 cm³/mol. The van der Waals surface area contributed by atoms with Crippen molar-refractivity contribution >= 4 is 23.7 Å². The van der Waals surface area contributed by atoms with Crippen molar-refractivity contribution in [3.63, 3.8) is 0 Å². The van der Waals surface area contributed by atoms with Crippen LogP contribution < -0.4 is 22.1 Å². The molecule has 136 valence electrons. The molecule has 25 heavy (non-hydrogen) atoms. The third-order valence-electron chi connectivity index (χ3n) is 3.41. The van der Waals surface area contributed by atoms with Gasteiger partial charge in [-0.3, -0.25) is 14.4 Å². The van der Waals surface area contributed by atoms with Crippen molar-refractivity contribution in [3.05, 3.63) is 35.9 Å². The van der Waals surface area contributed by atoms with E-state index in [1.807, 2.05) is 0 Å². The third kappa shape index (κ3) is 7.44. The number of hydrogen-bond donors (Lipinski definition) is 5. The van der Waals surface area contributed by atoms with Crippen LogP contribution in [0.5, 0.6) is 0 Å². The second-order valence-corrected chi connectivity index (χ2v) is 5.42. The van der Waals surface area contributed by atoms with Crippen molar-refractivity contribution in [2.45, 2.75) is 31.3 Å². The molecule has 0 aliphatic carbocycles. The summed E-state index contributed by atoms with van der Waals surface area (Å²) >= 11 is 0. The van der Waals surface area contributed by atoms with Gasteiger partial charge in [0.05, 0.1) is 6.54 Å². The fourth-order valence-electron chi connectivity index (χ4n) is 2.13. The molecule has 0 fully saturated rings. The first kappa shape index (κ1) is 20.1. The van der Waals surface area contributed by atoms with Crippen LogP contribution in [-0.2, 0) is 25.6 Å². The Morgan fingerprint density at radius 3 is 2.20 bits per heavy atom. The third-order valence-corrected chi connectivity index (χ3v) is 3.41. The number of aliphatic carboxylic acids is 1. The molecule has 0 aliphatic rings. The van der Waals surface area contributed by atoms with E-state index in [9.17, 15) is 24.3 Å². The number of nitrogens with one attached hydrogen (secondary N) is 2. The van der Waals surface area contributed by atoms with Crippen LogP contribution >= 0.6 is 0 Å². The molecule has 9 heteroatoms. The van der Waals surface area contributed by atoms with Gasteiger partial charge in [0.15, 0.2) is 0 Å². The monoisotopic (exact) mass is 350 g/mol. The highest BCUT2D eigenvalue weighted by molar-refractivity contribution is 5.91. The van der Waals surface area contributed by atoms with E-state index in [0.29, 0.717) is 0 Å². The highest BCUT2D eigenvalue weighted by Gasteiger charge is 2.26. The number of nitrogens with two attached hydrogens (primary N) is 2. The van der Waals surface area contributed by atoms with Crippen LogP contribution in [0.4, 0.5) is 0 Å². The van der Waals surface area contributed by atoms with E-state index in [2.05, 4.69) is 10.6 Å². The van der Waals surface area contributed by atoms with Gasteiger partial charge in [-0.25, -0.2) is 4.79 Å². The molecule has 0 spiro atoms. The molecular weight excluding hydrogens is 328 g/mol. The maximum absolute atomic E-state index is 12.3. The zero-order valence-electron chi connectivity index (χ0n) is 13.6. The molecule has 0 bridgehead atoms. The summed E-state index contributed by atoms with van der Waals surface area (Å²) in [6.07, 6.45) is -0.112. The van der Waals surface area contributed by atoms with Crippen molar-refractivity contribution in [1.29, 1.82) is 0 Å². The summed E-state index contributed by atoms with van der Waals surface area (Å²) in [6.45, 7) is -0.341. The Labute approximate surface area is 144 Å². The molecule has 3 amide bonds. The van der Waals surface area contributed by atoms with Crippen LogP contribution in [0.25, 0.3) is 0 Å². The van der Waals surface area contributed by atoms with Gasteiger partial charge in [-0.05, 0) is 12.0 Å². The molecule has 1 aromatic rings. The van der Waals surface area contributed by atoms with E-state index < -0.39 is 35.8 Å². The Morgan fingerprint density at radius 1 is 1.04 bits per heavy atom. The highest BCUT2D eigenvalue weighted by Crippen LogP contribution is 2.05. The van der Waals surface area contributed by atoms with E-state index in [0.717, 1.165) is 5.56 Å². The van der Waals surface area contributed by atoms with Crippen LogP contribution in [0.3, 0.4) is 0 Å². The molecule has 0 aliphatic heterocycles. The fourth-order valence-corrected chi connectivity index (χ4v) is 2.13. The van der Waals surface area contributed by atoms with Gasteiger partial charge in [0.25, 0.3) is 0 Å². The molecule has 2 atom stereocenters. The molecule has 1 rings (SSSR count). The summed E-state index contributed by atoms with van der Waals surface area (Å²) in [6, 6.07) is 6.51. The number of carbonyl (C=O) groups is 4. The second-order valence-electron chi connectivity index (χ2n) is 5.42. The summed E-state index contributed by atoms with van der Waals surface area (Å²) in [5.41, 5.74) is 11.0. The smallest absolute Gasteiger partial charge is 0.326 e. The van der Waals surface area contributed by atoms with E-state index in [4.69, 9.17) is 11.5 Å². The van der Waals surface area contributed by atoms with Crippen LogP contribution in [0.1, 0.15) is 18.4 Å². The molecule has 0 saturated carbocycles. The highest BCUT2D eigenvalue weighted by atomic mass is 16.4. The minimum atomic E-state index is -1.21. The number of carboxylic acids is 1. The van der Waals surface area contributed by atoms with Crippen LogP contribution in [-0.4, -0.2) is 47.4 Å². The second kappa shape index (κ2) is 10.0. The van der Waals surface area contributed by atoms with Gasteiger partial charge in [0.2, 0.25) is 17.7 Å². The Kier molecular flexibility index (Phi) is 8.07. The van der Waals surface area contributed by atoms with Crippen molar-refractivity contribution < 1.29 is 24.3 Å². The van der Waals surface area contributed by atoms with Crippen LogP contribution in [0, 0.1) is 0 Å². The Hall–Kier alpha value is -2.94. The lowest BCUT2D eigenvalue weighted by atomic mass is 10.0. The van der Waals surface area contributed by atoms with Gasteiger partial charge in [-0.15, -0.1) is 0 Å². The van der Waals surface area contributed by atoms with E-state index in [1.54, 1.807) is 30.3 Å². The van der Waals surface area contributed by atoms with Crippen LogP contribution in [0.15, 0.2) is 30.3 Å². The number of hydrogen-bond acceptors (Lipinski definition) is 5. The number of amides is 3. The minimum Gasteiger partial charge on any atom is -0.480 e. The Morgan fingerprint density at radius 2 is 1.68 bits per heavy atom. The zero-order chi connectivity index (χ0) is 18.8. The topological polar surface area (TPSA) is 165 Å². The molecule has 0 aromatic heterocycles. The lowest BCUT2D eigenvalue weighted by Crippen LogP contribution is -2.53. The summed E-state index contributed by atoms with van der Waals surface area (Å²) in [7, 11) is 0. The Bertz CT molecular complexity index is 620. The van der Waals surface area contributed by atoms with Gasteiger partial charge >= 0.3 is 5.97 Å². The molecule has 7 N–H and O–H groups in total. The summed E-state index contributed by atoms with van der Waals surface area (Å²) in [5.74, 6) is -3.17.